The van der Waals surface area contributed by atoms with Crippen molar-refractivity contribution in [2.45, 2.75) is 25.7 Å². The molecule has 1 aliphatic heterocycles. The van der Waals surface area contributed by atoms with E-state index in [0.717, 1.165) is 44.6 Å². The minimum absolute atomic E-state index is 0.113. The lowest BCUT2D eigenvalue weighted by atomic mass is 9.76. The van der Waals surface area contributed by atoms with Crippen molar-refractivity contribution < 1.29 is 9.47 Å². The molecule has 0 spiro atoms. The van der Waals surface area contributed by atoms with Gasteiger partial charge in [-0.25, -0.2) is 0 Å². The molecule has 0 bridgehead atoms. The summed E-state index contributed by atoms with van der Waals surface area (Å²) in [5.41, 5.74) is 7.40. The van der Waals surface area contributed by atoms with Crippen molar-refractivity contribution in [3.8, 4) is 5.75 Å². The lowest BCUT2D eigenvalue weighted by molar-refractivity contribution is 0.109. The molecule has 0 saturated heterocycles. The average molecular weight is 249 g/mol. The third-order valence-electron chi connectivity index (χ3n) is 3.81. The van der Waals surface area contributed by atoms with Gasteiger partial charge in [0.15, 0.2) is 0 Å². The van der Waals surface area contributed by atoms with Crippen LogP contribution in [0.15, 0.2) is 24.3 Å². The summed E-state index contributed by atoms with van der Waals surface area (Å²) in [6.07, 6.45) is 4.39. The maximum Gasteiger partial charge on any atom is 0.122 e. The Hall–Kier alpha value is -1.06. The number of methoxy groups -OCH3 is 1. The van der Waals surface area contributed by atoms with Gasteiger partial charge in [0.05, 0.1) is 6.61 Å². The number of rotatable bonds is 6. The van der Waals surface area contributed by atoms with Gasteiger partial charge in [0.25, 0.3) is 0 Å². The van der Waals surface area contributed by atoms with Crippen LogP contribution < -0.4 is 10.5 Å². The largest absolute Gasteiger partial charge is 0.493 e. The number of para-hydroxylation sites is 1. The van der Waals surface area contributed by atoms with Gasteiger partial charge in [-0.1, -0.05) is 24.6 Å². The Balaban J connectivity index is 1.98. The van der Waals surface area contributed by atoms with Crippen molar-refractivity contribution in [3.63, 3.8) is 0 Å². The van der Waals surface area contributed by atoms with Crippen LogP contribution in [0, 0.1) is 5.41 Å². The number of nitrogens with two attached hydrogens (primary N) is 1. The lowest BCUT2D eigenvalue weighted by Gasteiger charge is -2.37. The van der Waals surface area contributed by atoms with Crippen molar-refractivity contribution >= 4 is 0 Å². The van der Waals surface area contributed by atoms with E-state index in [9.17, 15) is 0 Å². The van der Waals surface area contributed by atoms with Gasteiger partial charge in [0.1, 0.15) is 5.75 Å². The van der Waals surface area contributed by atoms with Crippen LogP contribution >= 0.6 is 0 Å². The summed E-state index contributed by atoms with van der Waals surface area (Å²) in [4.78, 5) is 0. The highest BCUT2D eigenvalue weighted by Gasteiger charge is 2.34. The molecule has 1 aromatic rings. The molecule has 1 aliphatic rings. The summed E-state index contributed by atoms with van der Waals surface area (Å²) in [6, 6.07) is 8.28. The van der Waals surface area contributed by atoms with Crippen LogP contribution in [-0.2, 0) is 11.2 Å². The first kappa shape index (κ1) is 13.4. The molecule has 100 valence electrons. The zero-order valence-corrected chi connectivity index (χ0v) is 11.2. The second-order valence-electron chi connectivity index (χ2n) is 5.23. The molecule has 0 amide bonds. The maximum absolute atomic E-state index is 6.00. The van der Waals surface area contributed by atoms with E-state index in [2.05, 4.69) is 12.1 Å². The lowest BCUT2D eigenvalue weighted by Crippen LogP contribution is -2.41. The molecular weight excluding hydrogens is 226 g/mol. The number of ether oxygens (including phenoxy) is 2. The third kappa shape index (κ3) is 3.03. The molecule has 1 unspecified atom stereocenters. The van der Waals surface area contributed by atoms with E-state index in [0.29, 0.717) is 6.54 Å². The zero-order valence-electron chi connectivity index (χ0n) is 11.2. The summed E-state index contributed by atoms with van der Waals surface area (Å²) in [5, 5.41) is 0. The van der Waals surface area contributed by atoms with Gasteiger partial charge in [0.2, 0.25) is 0 Å². The summed E-state index contributed by atoms with van der Waals surface area (Å²) < 4.78 is 11.0. The molecule has 3 heteroatoms. The molecule has 0 saturated carbocycles. The Labute approximate surface area is 109 Å². The van der Waals surface area contributed by atoms with Crippen molar-refractivity contribution in [2.75, 3.05) is 26.9 Å². The summed E-state index contributed by atoms with van der Waals surface area (Å²) >= 11 is 0. The fourth-order valence-electron chi connectivity index (χ4n) is 2.62. The molecule has 18 heavy (non-hydrogen) atoms. The SMILES string of the molecule is COCCCCC1(CN)COc2ccccc2C1. The topological polar surface area (TPSA) is 44.5 Å². The van der Waals surface area contributed by atoms with Crippen molar-refractivity contribution in [1.29, 1.82) is 0 Å². The normalized spacial score (nSPS) is 22.3. The average Bonchev–Trinajstić information content (AvgIpc) is 2.43. The second-order valence-corrected chi connectivity index (χ2v) is 5.23. The molecule has 3 nitrogen and oxygen atoms in total. The van der Waals surface area contributed by atoms with Gasteiger partial charge in [-0.05, 0) is 30.9 Å². The van der Waals surface area contributed by atoms with Gasteiger partial charge in [-0.3, -0.25) is 0 Å². The fraction of sp³-hybridized carbons (Fsp3) is 0.600. The summed E-state index contributed by atoms with van der Waals surface area (Å²) in [5.74, 6) is 1.03. The predicted octanol–water partition coefficient (Wildman–Crippen LogP) is 2.38. The van der Waals surface area contributed by atoms with Crippen LogP contribution in [0.3, 0.4) is 0 Å². The number of fused-ring (bicyclic) bond motifs is 1. The Kier molecular flexibility index (Phi) is 4.61. The third-order valence-corrected chi connectivity index (χ3v) is 3.81. The van der Waals surface area contributed by atoms with Crippen molar-refractivity contribution in [2.24, 2.45) is 11.1 Å². The van der Waals surface area contributed by atoms with E-state index in [1.54, 1.807) is 7.11 Å². The number of hydrogen-bond donors (Lipinski definition) is 1. The molecule has 1 heterocycles. The maximum atomic E-state index is 6.00. The first-order chi connectivity index (χ1) is 8.79. The molecule has 1 atom stereocenters. The van der Waals surface area contributed by atoms with Crippen LogP contribution in [0.4, 0.5) is 0 Å². The first-order valence-corrected chi connectivity index (χ1v) is 6.69. The van der Waals surface area contributed by atoms with Crippen molar-refractivity contribution in [1.82, 2.24) is 0 Å². The standard InChI is InChI=1S/C15H23NO2/c1-17-9-5-4-8-15(11-16)10-13-6-2-3-7-14(13)18-12-15/h2-3,6-7H,4-5,8-12,16H2,1H3. The van der Waals surface area contributed by atoms with Crippen LogP contribution in [-0.4, -0.2) is 26.9 Å². The highest BCUT2D eigenvalue weighted by molar-refractivity contribution is 5.36. The van der Waals surface area contributed by atoms with E-state index < -0.39 is 0 Å². The minimum Gasteiger partial charge on any atom is -0.493 e. The van der Waals surface area contributed by atoms with Crippen molar-refractivity contribution in [3.05, 3.63) is 29.8 Å². The molecular formula is C15H23NO2. The Morgan fingerprint density at radius 2 is 2.17 bits per heavy atom. The van der Waals surface area contributed by atoms with Gasteiger partial charge in [-0.2, -0.15) is 0 Å². The van der Waals surface area contributed by atoms with E-state index in [4.69, 9.17) is 15.2 Å². The highest BCUT2D eigenvalue weighted by Crippen LogP contribution is 2.37. The monoisotopic (exact) mass is 249 g/mol. The molecule has 0 aromatic heterocycles. The van der Waals surface area contributed by atoms with E-state index >= 15 is 0 Å². The molecule has 0 fully saturated rings. The predicted molar refractivity (Wildman–Crippen MR) is 72.9 cm³/mol. The Bertz CT molecular complexity index is 381. The highest BCUT2D eigenvalue weighted by atomic mass is 16.5. The van der Waals surface area contributed by atoms with Crippen LogP contribution in [0.1, 0.15) is 24.8 Å². The van der Waals surface area contributed by atoms with Gasteiger partial charge in [-0.15, -0.1) is 0 Å². The van der Waals surface area contributed by atoms with Gasteiger partial charge >= 0.3 is 0 Å². The Morgan fingerprint density at radius 1 is 1.33 bits per heavy atom. The minimum atomic E-state index is 0.113. The van der Waals surface area contributed by atoms with E-state index in [-0.39, 0.29) is 5.41 Å². The number of hydrogen-bond acceptors (Lipinski definition) is 3. The zero-order chi connectivity index (χ0) is 12.8. The quantitative estimate of drug-likeness (QED) is 0.787. The van der Waals surface area contributed by atoms with E-state index in [1.807, 2.05) is 12.1 Å². The van der Waals surface area contributed by atoms with Crippen LogP contribution in [0.5, 0.6) is 5.75 Å². The van der Waals surface area contributed by atoms with Gasteiger partial charge < -0.3 is 15.2 Å². The van der Waals surface area contributed by atoms with Crippen LogP contribution in [0.2, 0.25) is 0 Å². The van der Waals surface area contributed by atoms with Gasteiger partial charge in [0, 0.05) is 25.7 Å². The molecule has 2 rings (SSSR count). The molecule has 0 aliphatic carbocycles. The van der Waals surface area contributed by atoms with E-state index in [1.165, 1.54) is 5.56 Å². The fourth-order valence-corrected chi connectivity index (χ4v) is 2.62. The smallest absolute Gasteiger partial charge is 0.122 e. The summed E-state index contributed by atoms with van der Waals surface area (Å²) in [7, 11) is 1.75. The molecule has 0 radical (unpaired) electrons. The Morgan fingerprint density at radius 3 is 2.94 bits per heavy atom. The van der Waals surface area contributed by atoms with Crippen LogP contribution in [0.25, 0.3) is 0 Å². The first-order valence-electron chi connectivity index (χ1n) is 6.69. The molecule has 2 N–H and O–H groups in total. The molecule has 1 aromatic carbocycles. The number of benzene rings is 1. The second kappa shape index (κ2) is 6.21. The number of unbranched alkanes of at least 4 members (excludes halogenated alkanes) is 1. The summed E-state index contributed by atoms with van der Waals surface area (Å²) in [6.45, 7) is 2.26.